The molecule has 0 bridgehead atoms. The summed E-state index contributed by atoms with van der Waals surface area (Å²) in [5.74, 6) is 3.44. The number of hydrogen-bond acceptors (Lipinski definition) is 7. The van der Waals surface area contributed by atoms with Crippen LogP contribution in [0, 0.1) is 0 Å². The summed E-state index contributed by atoms with van der Waals surface area (Å²) in [4.78, 5) is 4.59. The molecule has 0 aliphatic heterocycles. The molecule has 0 N–H and O–H groups in total. The molecular weight excluding hydrogens is 412 g/mol. The van der Waals surface area contributed by atoms with Crippen LogP contribution in [0.3, 0.4) is 0 Å². The summed E-state index contributed by atoms with van der Waals surface area (Å²) in [6.07, 6.45) is 3.49. The van der Waals surface area contributed by atoms with Crippen molar-refractivity contribution in [3.63, 3.8) is 0 Å². The van der Waals surface area contributed by atoms with Gasteiger partial charge in [-0.1, -0.05) is 30.0 Å². The first-order valence-corrected chi connectivity index (χ1v) is 10.6. The molecule has 7 nitrogen and oxygen atoms in total. The van der Waals surface area contributed by atoms with Crippen molar-refractivity contribution in [2.75, 3.05) is 14.2 Å². The van der Waals surface area contributed by atoms with E-state index in [-0.39, 0.29) is 0 Å². The van der Waals surface area contributed by atoms with Gasteiger partial charge >= 0.3 is 0 Å². The Balaban J connectivity index is 1.53. The summed E-state index contributed by atoms with van der Waals surface area (Å²) in [5.41, 5.74) is 2.60. The van der Waals surface area contributed by atoms with Gasteiger partial charge in [-0.25, -0.2) is 4.98 Å². The van der Waals surface area contributed by atoms with Crippen molar-refractivity contribution in [2.45, 2.75) is 17.5 Å². The molecule has 0 amide bonds. The number of rotatable bonds is 9. The van der Waals surface area contributed by atoms with E-state index in [2.05, 4.69) is 21.8 Å². The highest BCUT2D eigenvalue weighted by atomic mass is 32.2. The number of ether oxygens (including phenoxy) is 2. The van der Waals surface area contributed by atoms with E-state index < -0.39 is 0 Å². The fourth-order valence-corrected chi connectivity index (χ4v) is 3.92. The van der Waals surface area contributed by atoms with Crippen molar-refractivity contribution in [1.29, 1.82) is 0 Å². The highest BCUT2D eigenvalue weighted by Crippen LogP contribution is 2.32. The molecule has 31 heavy (non-hydrogen) atoms. The molecule has 158 valence electrons. The molecule has 0 radical (unpaired) electrons. The normalized spacial score (nSPS) is 10.8. The minimum absolute atomic E-state index is 0.570. The van der Waals surface area contributed by atoms with Gasteiger partial charge in [-0.3, -0.25) is 4.57 Å². The van der Waals surface area contributed by atoms with Crippen LogP contribution < -0.4 is 9.47 Å². The zero-order valence-corrected chi connectivity index (χ0v) is 18.1. The van der Waals surface area contributed by atoms with Gasteiger partial charge in [0.05, 0.1) is 25.5 Å². The Labute approximate surface area is 184 Å². The minimum Gasteiger partial charge on any atom is -0.497 e. The zero-order valence-electron chi connectivity index (χ0n) is 17.3. The van der Waals surface area contributed by atoms with Crippen molar-refractivity contribution < 1.29 is 13.9 Å². The fraction of sp³-hybridized carbons (Fsp3) is 0.174. The average molecular weight is 435 g/mol. The Morgan fingerprint density at radius 3 is 2.61 bits per heavy atom. The summed E-state index contributed by atoms with van der Waals surface area (Å²) in [7, 11) is 3.29. The molecule has 8 heteroatoms. The number of benzene rings is 2. The van der Waals surface area contributed by atoms with Gasteiger partial charge in [0.2, 0.25) is 5.89 Å². The Morgan fingerprint density at radius 1 is 1.06 bits per heavy atom. The van der Waals surface area contributed by atoms with Crippen LogP contribution in [0.15, 0.2) is 77.0 Å². The Kier molecular flexibility index (Phi) is 6.37. The SMILES string of the molecule is C=CCn1c(SCc2coc(-c3ccc(OC)cc3)n2)nnc1-c1ccccc1OC. The fourth-order valence-electron chi connectivity index (χ4n) is 3.10. The molecule has 0 saturated carbocycles. The predicted molar refractivity (Wildman–Crippen MR) is 120 cm³/mol. The molecule has 0 aliphatic carbocycles. The van der Waals surface area contributed by atoms with Gasteiger partial charge < -0.3 is 13.9 Å². The molecule has 4 aromatic rings. The number of oxazole rings is 1. The van der Waals surface area contributed by atoms with E-state index in [1.165, 1.54) is 0 Å². The number of methoxy groups -OCH3 is 2. The van der Waals surface area contributed by atoms with E-state index in [1.54, 1.807) is 32.2 Å². The number of thioether (sulfide) groups is 1. The molecular formula is C23H22N4O3S. The van der Waals surface area contributed by atoms with Crippen molar-refractivity contribution in [3.05, 3.63) is 73.1 Å². The molecule has 0 fully saturated rings. The lowest BCUT2D eigenvalue weighted by atomic mass is 10.2. The van der Waals surface area contributed by atoms with E-state index in [4.69, 9.17) is 13.9 Å². The van der Waals surface area contributed by atoms with Gasteiger partial charge in [-0.15, -0.1) is 16.8 Å². The lowest BCUT2D eigenvalue weighted by molar-refractivity contribution is 0.415. The molecule has 0 spiro atoms. The van der Waals surface area contributed by atoms with Gasteiger partial charge in [-0.2, -0.15) is 0 Å². The molecule has 0 atom stereocenters. The van der Waals surface area contributed by atoms with Crippen LogP contribution in [-0.4, -0.2) is 34.0 Å². The summed E-state index contributed by atoms with van der Waals surface area (Å²) in [6.45, 7) is 4.45. The molecule has 0 aliphatic rings. The summed E-state index contributed by atoms with van der Waals surface area (Å²) < 4.78 is 18.3. The number of nitrogens with zero attached hydrogens (tertiary/aromatic N) is 4. The van der Waals surface area contributed by atoms with Gasteiger partial charge in [0.25, 0.3) is 0 Å². The largest absolute Gasteiger partial charge is 0.497 e. The van der Waals surface area contributed by atoms with Crippen LogP contribution in [-0.2, 0) is 12.3 Å². The topological polar surface area (TPSA) is 75.2 Å². The Hall–Kier alpha value is -3.52. The van der Waals surface area contributed by atoms with Gasteiger partial charge in [0.1, 0.15) is 17.8 Å². The minimum atomic E-state index is 0.570. The van der Waals surface area contributed by atoms with Gasteiger partial charge in [-0.05, 0) is 36.4 Å². The van der Waals surface area contributed by atoms with E-state index in [0.717, 1.165) is 39.3 Å². The maximum Gasteiger partial charge on any atom is 0.226 e. The van der Waals surface area contributed by atoms with Crippen molar-refractivity contribution in [2.24, 2.45) is 0 Å². The van der Waals surface area contributed by atoms with Gasteiger partial charge in [0, 0.05) is 17.9 Å². The molecule has 2 aromatic heterocycles. The van der Waals surface area contributed by atoms with E-state index in [9.17, 15) is 0 Å². The van der Waals surface area contributed by atoms with Crippen LogP contribution in [0.2, 0.25) is 0 Å². The lowest BCUT2D eigenvalue weighted by Gasteiger charge is -2.10. The van der Waals surface area contributed by atoms with Crippen LogP contribution in [0.1, 0.15) is 5.69 Å². The van der Waals surface area contributed by atoms with Crippen molar-refractivity contribution in [3.8, 4) is 34.3 Å². The number of aromatic nitrogens is 4. The maximum absolute atomic E-state index is 5.65. The third kappa shape index (κ3) is 4.49. The number of allylic oxidation sites excluding steroid dienone is 1. The monoisotopic (exact) mass is 434 g/mol. The first kappa shape index (κ1) is 20.7. The maximum atomic E-state index is 5.65. The third-order valence-corrected chi connectivity index (χ3v) is 5.61. The Bertz CT molecular complexity index is 1170. The molecule has 2 heterocycles. The van der Waals surface area contributed by atoms with Crippen molar-refractivity contribution >= 4 is 11.8 Å². The second kappa shape index (κ2) is 9.53. The van der Waals surface area contributed by atoms with Crippen LogP contribution in [0.25, 0.3) is 22.8 Å². The first-order valence-electron chi connectivity index (χ1n) is 9.62. The van der Waals surface area contributed by atoms with Crippen molar-refractivity contribution in [1.82, 2.24) is 19.7 Å². The first-order chi connectivity index (χ1) is 15.2. The molecule has 0 saturated heterocycles. The summed E-state index contributed by atoms with van der Waals surface area (Å²) >= 11 is 1.54. The molecule has 0 unspecified atom stereocenters. The second-order valence-electron chi connectivity index (χ2n) is 6.57. The van der Waals surface area contributed by atoms with E-state index in [0.29, 0.717) is 18.2 Å². The van der Waals surface area contributed by atoms with Crippen LogP contribution in [0.5, 0.6) is 11.5 Å². The number of hydrogen-bond donors (Lipinski definition) is 0. The average Bonchev–Trinajstić information content (AvgIpc) is 3.45. The lowest BCUT2D eigenvalue weighted by Crippen LogP contribution is -2.01. The van der Waals surface area contributed by atoms with Crippen LogP contribution in [0.4, 0.5) is 0 Å². The number of para-hydroxylation sites is 1. The summed E-state index contributed by atoms with van der Waals surface area (Å²) in [6, 6.07) is 15.4. The zero-order chi connectivity index (χ0) is 21.6. The smallest absolute Gasteiger partial charge is 0.226 e. The highest BCUT2D eigenvalue weighted by Gasteiger charge is 2.17. The predicted octanol–water partition coefficient (Wildman–Crippen LogP) is 5.10. The molecule has 2 aromatic carbocycles. The third-order valence-electron chi connectivity index (χ3n) is 4.61. The van der Waals surface area contributed by atoms with Crippen LogP contribution >= 0.6 is 11.8 Å². The highest BCUT2D eigenvalue weighted by molar-refractivity contribution is 7.98. The quantitative estimate of drug-likeness (QED) is 0.268. The molecule has 4 rings (SSSR count). The Morgan fingerprint density at radius 2 is 1.87 bits per heavy atom. The van der Waals surface area contributed by atoms with E-state index in [1.807, 2.05) is 59.2 Å². The standard InChI is InChI=1S/C23H22N4O3S/c1-4-13-27-21(19-7-5-6-8-20(19)29-3)25-26-23(27)31-15-17-14-30-22(24-17)16-9-11-18(28-2)12-10-16/h4-12,14H,1,13,15H2,2-3H3. The second-order valence-corrected chi connectivity index (χ2v) is 7.51. The summed E-state index contributed by atoms with van der Waals surface area (Å²) in [5, 5.41) is 9.56. The van der Waals surface area contributed by atoms with Gasteiger partial charge in [0.15, 0.2) is 11.0 Å². The van der Waals surface area contributed by atoms with E-state index >= 15 is 0 Å².